The van der Waals surface area contributed by atoms with Gasteiger partial charge in [-0.2, -0.15) is 5.10 Å². The summed E-state index contributed by atoms with van der Waals surface area (Å²) in [5.74, 6) is -1.00. The molecule has 2 amide bonds. The van der Waals surface area contributed by atoms with Gasteiger partial charge in [0.2, 0.25) is 0 Å². The van der Waals surface area contributed by atoms with Gasteiger partial charge in [0.05, 0.1) is 16.8 Å². The highest BCUT2D eigenvalue weighted by molar-refractivity contribution is 7.16. The molecule has 0 saturated carbocycles. The van der Waals surface area contributed by atoms with Crippen LogP contribution in [0.5, 0.6) is 0 Å². The highest BCUT2D eigenvalue weighted by atomic mass is 35.5. The maximum Gasteiger partial charge on any atom is 0.276 e. The Bertz CT molecular complexity index is 685. The second-order valence-electron chi connectivity index (χ2n) is 4.27. The van der Waals surface area contributed by atoms with Crippen LogP contribution in [0.25, 0.3) is 0 Å². The predicted octanol–water partition coefficient (Wildman–Crippen LogP) is 2.10. The van der Waals surface area contributed by atoms with Crippen molar-refractivity contribution >= 4 is 39.8 Å². The normalized spacial score (nSPS) is 10.6. The minimum absolute atomic E-state index is 0.228. The molecular formula is C12H13ClN4O2S. The van der Waals surface area contributed by atoms with Gasteiger partial charge in [-0.25, -0.2) is 0 Å². The fourth-order valence-corrected chi connectivity index (χ4v) is 3.15. The Morgan fingerprint density at radius 3 is 2.60 bits per heavy atom. The lowest BCUT2D eigenvalue weighted by molar-refractivity contribution is 0.100. The van der Waals surface area contributed by atoms with Crippen LogP contribution in [0.4, 0.5) is 5.00 Å². The van der Waals surface area contributed by atoms with Crippen LogP contribution in [0.15, 0.2) is 6.20 Å². The van der Waals surface area contributed by atoms with Gasteiger partial charge < -0.3 is 11.1 Å². The van der Waals surface area contributed by atoms with E-state index in [1.807, 2.05) is 6.92 Å². The molecule has 6 nitrogen and oxygen atoms in total. The van der Waals surface area contributed by atoms with Crippen LogP contribution in [0.1, 0.15) is 31.3 Å². The zero-order valence-electron chi connectivity index (χ0n) is 11.2. The predicted molar refractivity (Wildman–Crippen MR) is 78.5 cm³/mol. The number of hydrogen-bond acceptors (Lipinski definition) is 4. The van der Waals surface area contributed by atoms with Crippen LogP contribution >= 0.6 is 22.9 Å². The van der Waals surface area contributed by atoms with E-state index < -0.39 is 11.8 Å². The summed E-state index contributed by atoms with van der Waals surface area (Å²) < 4.78 is 1.37. The Kier molecular flexibility index (Phi) is 3.82. The smallest absolute Gasteiger partial charge is 0.276 e. The van der Waals surface area contributed by atoms with E-state index in [-0.39, 0.29) is 10.7 Å². The molecule has 0 aliphatic carbocycles. The lowest BCUT2D eigenvalue weighted by Crippen LogP contribution is -2.19. The number of thiophene rings is 1. The summed E-state index contributed by atoms with van der Waals surface area (Å²) in [6.45, 7) is 3.65. The highest BCUT2D eigenvalue weighted by Crippen LogP contribution is 2.32. The molecule has 0 fully saturated rings. The van der Waals surface area contributed by atoms with Crippen molar-refractivity contribution in [2.75, 3.05) is 5.32 Å². The molecule has 8 heteroatoms. The number of aryl methyl sites for hydroxylation is 2. The van der Waals surface area contributed by atoms with E-state index in [2.05, 4.69) is 10.4 Å². The molecule has 0 aromatic carbocycles. The Morgan fingerprint density at radius 2 is 2.10 bits per heavy atom. The van der Waals surface area contributed by atoms with Crippen LogP contribution < -0.4 is 11.1 Å². The Hall–Kier alpha value is -1.86. The lowest BCUT2D eigenvalue weighted by atomic mass is 10.1. The fourth-order valence-electron chi connectivity index (χ4n) is 1.84. The van der Waals surface area contributed by atoms with Crippen molar-refractivity contribution in [3.63, 3.8) is 0 Å². The van der Waals surface area contributed by atoms with Crippen LogP contribution in [-0.4, -0.2) is 21.6 Å². The van der Waals surface area contributed by atoms with E-state index in [1.54, 1.807) is 14.0 Å². The first kappa shape index (κ1) is 14.5. The molecule has 106 valence electrons. The monoisotopic (exact) mass is 312 g/mol. The number of hydrogen-bond donors (Lipinski definition) is 2. The number of nitrogens with two attached hydrogens (primary N) is 1. The Morgan fingerprint density at radius 1 is 1.45 bits per heavy atom. The van der Waals surface area contributed by atoms with E-state index in [4.69, 9.17) is 17.3 Å². The molecule has 0 aliphatic rings. The standard InChI is InChI=1S/C12H13ClN4O2S/c1-5-6(2)20-12(8(5)10(14)18)16-11(19)9-7(13)4-15-17(9)3/h4H,1-3H3,(H2,14,18)(H,16,19). The first-order valence-electron chi connectivity index (χ1n) is 5.71. The highest BCUT2D eigenvalue weighted by Gasteiger charge is 2.22. The third-order valence-electron chi connectivity index (χ3n) is 2.97. The van der Waals surface area contributed by atoms with Gasteiger partial charge in [0, 0.05) is 11.9 Å². The first-order valence-corrected chi connectivity index (χ1v) is 6.91. The summed E-state index contributed by atoms with van der Waals surface area (Å²) in [5.41, 5.74) is 6.69. The van der Waals surface area contributed by atoms with E-state index in [0.717, 1.165) is 10.4 Å². The summed E-state index contributed by atoms with van der Waals surface area (Å²) in [4.78, 5) is 24.6. The molecule has 2 aromatic heterocycles. The van der Waals surface area contributed by atoms with Crippen molar-refractivity contribution in [1.29, 1.82) is 0 Å². The third-order valence-corrected chi connectivity index (χ3v) is 4.37. The zero-order chi connectivity index (χ0) is 15.0. The van der Waals surface area contributed by atoms with Crippen molar-refractivity contribution in [3.8, 4) is 0 Å². The van der Waals surface area contributed by atoms with Crippen molar-refractivity contribution < 1.29 is 9.59 Å². The number of carbonyl (C=O) groups is 2. The molecular weight excluding hydrogens is 300 g/mol. The molecule has 2 rings (SSSR count). The Labute approximate surface area is 124 Å². The summed E-state index contributed by atoms with van der Waals surface area (Å²) in [6, 6.07) is 0. The number of aromatic nitrogens is 2. The lowest BCUT2D eigenvalue weighted by Gasteiger charge is -2.05. The summed E-state index contributed by atoms with van der Waals surface area (Å²) >= 11 is 7.21. The van der Waals surface area contributed by atoms with Crippen LogP contribution in [0, 0.1) is 13.8 Å². The number of nitrogens with zero attached hydrogens (tertiary/aromatic N) is 2. The topological polar surface area (TPSA) is 90.0 Å². The van der Waals surface area contributed by atoms with Gasteiger partial charge in [-0.1, -0.05) is 11.6 Å². The minimum Gasteiger partial charge on any atom is -0.365 e. The van der Waals surface area contributed by atoms with E-state index >= 15 is 0 Å². The van der Waals surface area contributed by atoms with Gasteiger partial charge in [0.15, 0.2) is 0 Å². The molecule has 0 radical (unpaired) electrons. The molecule has 0 atom stereocenters. The molecule has 0 saturated heterocycles. The fraction of sp³-hybridized carbons (Fsp3) is 0.250. The van der Waals surface area contributed by atoms with Gasteiger partial charge in [-0.15, -0.1) is 11.3 Å². The molecule has 2 aromatic rings. The number of anilines is 1. The van der Waals surface area contributed by atoms with Gasteiger partial charge in [0.1, 0.15) is 10.7 Å². The van der Waals surface area contributed by atoms with Crippen LogP contribution in [0.3, 0.4) is 0 Å². The van der Waals surface area contributed by atoms with Crippen molar-refractivity contribution in [1.82, 2.24) is 9.78 Å². The quantitative estimate of drug-likeness (QED) is 0.909. The van der Waals surface area contributed by atoms with Gasteiger partial charge >= 0.3 is 0 Å². The molecule has 20 heavy (non-hydrogen) atoms. The first-order chi connectivity index (χ1) is 9.32. The number of rotatable bonds is 3. The zero-order valence-corrected chi connectivity index (χ0v) is 12.7. The average molecular weight is 313 g/mol. The third kappa shape index (κ3) is 2.41. The number of primary amides is 1. The maximum absolute atomic E-state index is 12.2. The van der Waals surface area contributed by atoms with Crippen LogP contribution in [-0.2, 0) is 7.05 Å². The number of nitrogens with one attached hydrogen (secondary N) is 1. The average Bonchev–Trinajstić information content (AvgIpc) is 2.80. The maximum atomic E-state index is 12.2. The summed E-state index contributed by atoms with van der Waals surface area (Å²) in [7, 11) is 1.61. The molecule has 0 bridgehead atoms. The molecule has 3 N–H and O–H groups in total. The van der Waals surface area contributed by atoms with Gasteiger partial charge in [0.25, 0.3) is 11.8 Å². The van der Waals surface area contributed by atoms with Crippen molar-refractivity contribution in [3.05, 3.63) is 32.9 Å². The van der Waals surface area contributed by atoms with E-state index in [9.17, 15) is 9.59 Å². The summed E-state index contributed by atoms with van der Waals surface area (Å²) in [5, 5.41) is 7.24. The molecule has 0 spiro atoms. The Balaban J connectivity index is 2.38. The van der Waals surface area contributed by atoms with Gasteiger partial charge in [-0.3, -0.25) is 14.3 Å². The van der Waals surface area contributed by atoms with Gasteiger partial charge in [-0.05, 0) is 19.4 Å². The SMILES string of the molecule is Cc1sc(NC(=O)c2c(Cl)cnn2C)c(C(N)=O)c1C. The second-order valence-corrected chi connectivity index (χ2v) is 5.90. The minimum atomic E-state index is -0.571. The number of halogens is 1. The van der Waals surface area contributed by atoms with Crippen molar-refractivity contribution in [2.45, 2.75) is 13.8 Å². The largest absolute Gasteiger partial charge is 0.365 e. The van der Waals surface area contributed by atoms with Crippen molar-refractivity contribution in [2.24, 2.45) is 12.8 Å². The van der Waals surface area contributed by atoms with E-state index in [1.165, 1.54) is 22.2 Å². The summed E-state index contributed by atoms with van der Waals surface area (Å²) in [6.07, 6.45) is 1.39. The number of carbonyl (C=O) groups excluding carboxylic acids is 2. The number of amides is 2. The van der Waals surface area contributed by atoms with E-state index in [0.29, 0.717) is 10.6 Å². The molecule has 2 heterocycles. The van der Waals surface area contributed by atoms with Crippen LogP contribution in [0.2, 0.25) is 5.02 Å². The molecule has 0 unspecified atom stereocenters. The molecule has 0 aliphatic heterocycles. The second kappa shape index (κ2) is 5.26.